The smallest absolute Gasteiger partial charge is 0.141 e. The Morgan fingerprint density at radius 3 is 2.58 bits per heavy atom. The molecule has 0 saturated carbocycles. The number of nitrogen functional groups attached to an aromatic ring is 1. The molecule has 31 heavy (non-hydrogen) atoms. The number of H-pyrrole nitrogens is 1. The molecule has 5 rings (SSSR count). The molecule has 1 aliphatic heterocycles. The fourth-order valence-electron chi connectivity index (χ4n) is 3.80. The molecule has 4 aromatic rings. The van der Waals surface area contributed by atoms with Gasteiger partial charge in [0.1, 0.15) is 11.6 Å². The molecular formula is C22H20Cl2N6O. The Bertz CT molecular complexity index is 1210. The maximum absolute atomic E-state index is 6.34. The number of anilines is 1. The van der Waals surface area contributed by atoms with E-state index in [2.05, 4.69) is 20.1 Å². The van der Waals surface area contributed by atoms with Gasteiger partial charge in [-0.25, -0.2) is 9.97 Å². The van der Waals surface area contributed by atoms with Crippen LogP contribution in [0.25, 0.3) is 33.8 Å². The van der Waals surface area contributed by atoms with E-state index in [4.69, 9.17) is 33.7 Å². The summed E-state index contributed by atoms with van der Waals surface area (Å²) < 4.78 is 7.46. The van der Waals surface area contributed by atoms with Crippen LogP contribution in [0.15, 0.2) is 49.1 Å². The highest BCUT2D eigenvalue weighted by molar-refractivity contribution is 6.39. The summed E-state index contributed by atoms with van der Waals surface area (Å²) in [5, 5.41) is 5.64. The van der Waals surface area contributed by atoms with Gasteiger partial charge in [-0.15, -0.1) is 0 Å². The van der Waals surface area contributed by atoms with Gasteiger partial charge in [0.05, 0.1) is 39.7 Å². The molecule has 0 aliphatic carbocycles. The number of nitrogens with one attached hydrogen (secondary N) is 1. The van der Waals surface area contributed by atoms with Crippen molar-refractivity contribution in [1.82, 2.24) is 24.7 Å². The van der Waals surface area contributed by atoms with E-state index >= 15 is 0 Å². The predicted molar refractivity (Wildman–Crippen MR) is 122 cm³/mol. The van der Waals surface area contributed by atoms with Gasteiger partial charge >= 0.3 is 0 Å². The number of ether oxygens (including phenoxy) is 1. The van der Waals surface area contributed by atoms with Crippen LogP contribution in [0.3, 0.4) is 0 Å². The maximum atomic E-state index is 6.34. The van der Waals surface area contributed by atoms with Gasteiger partial charge in [0, 0.05) is 42.3 Å². The highest BCUT2D eigenvalue weighted by atomic mass is 35.5. The molecule has 0 atom stereocenters. The topological polar surface area (TPSA) is 94.6 Å². The molecule has 1 saturated heterocycles. The monoisotopic (exact) mass is 454 g/mol. The summed E-state index contributed by atoms with van der Waals surface area (Å²) >= 11 is 12.7. The van der Waals surface area contributed by atoms with E-state index in [0.29, 0.717) is 44.6 Å². The zero-order valence-corrected chi connectivity index (χ0v) is 18.1. The minimum absolute atomic E-state index is 0.358. The van der Waals surface area contributed by atoms with Crippen molar-refractivity contribution in [2.24, 2.45) is 0 Å². The lowest BCUT2D eigenvalue weighted by Gasteiger charge is -2.22. The van der Waals surface area contributed by atoms with Crippen LogP contribution >= 0.6 is 23.2 Å². The number of rotatable bonds is 4. The summed E-state index contributed by atoms with van der Waals surface area (Å²) in [4.78, 5) is 12.1. The van der Waals surface area contributed by atoms with E-state index in [-0.39, 0.29) is 0 Å². The molecule has 1 aliphatic rings. The lowest BCUT2D eigenvalue weighted by molar-refractivity contribution is 0.0662. The average molecular weight is 455 g/mol. The van der Waals surface area contributed by atoms with E-state index in [1.54, 1.807) is 30.6 Å². The standard InChI is InChI=1S/C22H20Cl2N6O/c23-17-2-1-3-18(24)20(17)19-11-27-22(29-19)16-8-13(9-26-21(16)25)14-10-28-30(12-14)15-4-6-31-7-5-15/h1-3,8-12,15H,4-7H2,(H2,25,26)(H,27,29). The van der Waals surface area contributed by atoms with E-state index in [1.165, 1.54) is 0 Å². The number of aromatic nitrogens is 5. The highest BCUT2D eigenvalue weighted by Crippen LogP contribution is 2.35. The van der Waals surface area contributed by atoms with Crippen molar-refractivity contribution in [3.05, 3.63) is 59.1 Å². The van der Waals surface area contributed by atoms with Gasteiger partial charge in [0.15, 0.2) is 0 Å². The highest BCUT2D eigenvalue weighted by Gasteiger charge is 2.18. The van der Waals surface area contributed by atoms with Crippen LogP contribution in [0, 0.1) is 0 Å². The maximum Gasteiger partial charge on any atom is 0.141 e. The van der Waals surface area contributed by atoms with Crippen molar-refractivity contribution in [3.8, 4) is 33.8 Å². The van der Waals surface area contributed by atoms with Gasteiger partial charge < -0.3 is 15.5 Å². The van der Waals surface area contributed by atoms with Crippen LogP contribution in [0.2, 0.25) is 10.0 Å². The van der Waals surface area contributed by atoms with Crippen molar-refractivity contribution in [2.75, 3.05) is 18.9 Å². The van der Waals surface area contributed by atoms with Gasteiger partial charge in [-0.3, -0.25) is 4.68 Å². The second-order valence-electron chi connectivity index (χ2n) is 7.45. The lowest BCUT2D eigenvalue weighted by atomic mass is 10.1. The third-order valence-electron chi connectivity index (χ3n) is 5.48. The second-order valence-corrected chi connectivity index (χ2v) is 8.27. The first-order chi connectivity index (χ1) is 15.1. The molecule has 0 unspecified atom stereocenters. The second kappa shape index (κ2) is 8.34. The van der Waals surface area contributed by atoms with Gasteiger partial charge in [0.2, 0.25) is 0 Å². The Kier molecular flexibility index (Phi) is 5.40. The summed E-state index contributed by atoms with van der Waals surface area (Å²) in [6.45, 7) is 1.54. The third-order valence-corrected chi connectivity index (χ3v) is 6.11. The number of aromatic amines is 1. The van der Waals surface area contributed by atoms with Gasteiger partial charge in [0.25, 0.3) is 0 Å². The number of nitrogens with two attached hydrogens (primary N) is 1. The minimum Gasteiger partial charge on any atom is -0.383 e. The number of pyridine rings is 1. The van der Waals surface area contributed by atoms with Crippen LogP contribution in [0.1, 0.15) is 18.9 Å². The summed E-state index contributed by atoms with van der Waals surface area (Å²) in [5.41, 5.74) is 10.2. The normalized spacial score (nSPS) is 14.8. The molecular weight excluding hydrogens is 435 g/mol. The fraction of sp³-hybridized carbons (Fsp3) is 0.227. The SMILES string of the molecule is Nc1ncc(-c2cnn(C3CCOCC3)c2)cc1-c1ncc(-c2c(Cl)cccc2Cl)[nH]1. The molecule has 7 nitrogen and oxygen atoms in total. The van der Waals surface area contributed by atoms with E-state index in [0.717, 1.165) is 37.2 Å². The zero-order valence-electron chi connectivity index (χ0n) is 16.6. The Morgan fingerprint density at radius 1 is 1.03 bits per heavy atom. The average Bonchev–Trinajstić information content (AvgIpc) is 3.45. The number of halogens is 2. The molecule has 0 radical (unpaired) electrons. The predicted octanol–water partition coefficient (Wildman–Crippen LogP) is 5.24. The van der Waals surface area contributed by atoms with Crippen LogP contribution in [0.5, 0.6) is 0 Å². The molecule has 0 spiro atoms. The van der Waals surface area contributed by atoms with Crippen molar-refractivity contribution in [2.45, 2.75) is 18.9 Å². The van der Waals surface area contributed by atoms with Crippen LogP contribution < -0.4 is 5.73 Å². The molecule has 0 amide bonds. The number of hydrogen-bond donors (Lipinski definition) is 2. The number of hydrogen-bond acceptors (Lipinski definition) is 5. The molecule has 0 bridgehead atoms. The van der Waals surface area contributed by atoms with Crippen molar-refractivity contribution < 1.29 is 4.74 Å². The molecule has 4 heterocycles. The Labute approximate surface area is 189 Å². The molecule has 3 aromatic heterocycles. The number of benzene rings is 1. The number of imidazole rings is 1. The number of nitrogens with zero attached hydrogens (tertiary/aromatic N) is 4. The van der Waals surface area contributed by atoms with Crippen molar-refractivity contribution in [3.63, 3.8) is 0 Å². The molecule has 1 fully saturated rings. The molecule has 9 heteroatoms. The third kappa shape index (κ3) is 3.92. The first-order valence-corrected chi connectivity index (χ1v) is 10.7. The molecule has 3 N–H and O–H groups in total. The summed E-state index contributed by atoms with van der Waals surface area (Å²) in [7, 11) is 0. The summed E-state index contributed by atoms with van der Waals surface area (Å²) in [6.07, 6.45) is 9.27. The molecule has 158 valence electrons. The summed E-state index contributed by atoms with van der Waals surface area (Å²) in [5.74, 6) is 0.974. The van der Waals surface area contributed by atoms with Crippen LogP contribution in [0.4, 0.5) is 5.82 Å². The first-order valence-electron chi connectivity index (χ1n) is 9.97. The lowest BCUT2D eigenvalue weighted by Crippen LogP contribution is -2.19. The van der Waals surface area contributed by atoms with Gasteiger partial charge in [-0.2, -0.15) is 5.10 Å². The van der Waals surface area contributed by atoms with E-state index in [1.807, 2.05) is 23.1 Å². The Morgan fingerprint density at radius 2 is 1.81 bits per heavy atom. The van der Waals surface area contributed by atoms with E-state index in [9.17, 15) is 0 Å². The first kappa shape index (κ1) is 20.1. The van der Waals surface area contributed by atoms with E-state index < -0.39 is 0 Å². The van der Waals surface area contributed by atoms with Gasteiger partial charge in [-0.05, 0) is 31.0 Å². The van der Waals surface area contributed by atoms with Crippen molar-refractivity contribution >= 4 is 29.0 Å². The van der Waals surface area contributed by atoms with Crippen LogP contribution in [-0.4, -0.2) is 37.9 Å². The van der Waals surface area contributed by atoms with Crippen molar-refractivity contribution in [1.29, 1.82) is 0 Å². The van der Waals surface area contributed by atoms with Crippen LogP contribution in [-0.2, 0) is 4.74 Å². The van der Waals surface area contributed by atoms with Gasteiger partial charge in [-0.1, -0.05) is 29.3 Å². The fourth-order valence-corrected chi connectivity index (χ4v) is 4.40. The summed E-state index contributed by atoms with van der Waals surface area (Å²) in [6, 6.07) is 7.70. The molecule has 1 aromatic carbocycles. The Hall–Kier alpha value is -2.87. The Balaban J connectivity index is 1.47. The zero-order chi connectivity index (χ0) is 21.4. The largest absolute Gasteiger partial charge is 0.383 e. The minimum atomic E-state index is 0.358. The quantitative estimate of drug-likeness (QED) is 0.439.